The minimum atomic E-state index is -0.579. The van der Waals surface area contributed by atoms with Gasteiger partial charge in [0.05, 0.1) is 46.8 Å². The first-order chi connectivity index (χ1) is 18.9. The number of nitrogens with zero attached hydrogens (tertiary/aromatic N) is 3. The second kappa shape index (κ2) is 12.6. The predicted molar refractivity (Wildman–Crippen MR) is 142 cm³/mol. The molecule has 9 nitrogen and oxygen atoms in total. The van der Waals surface area contributed by atoms with Gasteiger partial charge < -0.3 is 23.7 Å². The van der Waals surface area contributed by atoms with E-state index in [1.165, 1.54) is 33.5 Å². The Hall–Kier alpha value is -4.86. The predicted octanol–water partition coefficient (Wildman–Crippen LogP) is 4.78. The first-order valence-electron chi connectivity index (χ1n) is 11.9. The molecule has 1 heterocycles. The number of esters is 1. The van der Waals surface area contributed by atoms with Crippen LogP contribution in [-0.4, -0.2) is 49.4 Å². The molecule has 1 aromatic heterocycles. The van der Waals surface area contributed by atoms with Crippen LogP contribution in [0.15, 0.2) is 66.9 Å². The van der Waals surface area contributed by atoms with Gasteiger partial charge in [0.1, 0.15) is 18.1 Å². The van der Waals surface area contributed by atoms with E-state index >= 15 is 0 Å². The molecular formula is C29H28FN3O6. The van der Waals surface area contributed by atoms with Crippen molar-refractivity contribution >= 4 is 17.6 Å². The Balaban J connectivity index is 1.58. The number of rotatable bonds is 11. The highest BCUT2D eigenvalue weighted by molar-refractivity contribution is 6.21. The highest BCUT2D eigenvalue weighted by Crippen LogP contribution is 2.33. The maximum Gasteiger partial charge on any atom is 0.339 e. The van der Waals surface area contributed by atoms with Gasteiger partial charge in [0, 0.05) is 0 Å². The van der Waals surface area contributed by atoms with Gasteiger partial charge in [0.2, 0.25) is 0 Å². The van der Waals surface area contributed by atoms with E-state index in [0.29, 0.717) is 46.4 Å². The van der Waals surface area contributed by atoms with Crippen LogP contribution in [0.4, 0.5) is 4.39 Å². The molecule has 0 aliphatic carbocycles. The smallest absolute Gasteiger partial charge is 0.339 e. The minimum Gasteiger partial charge on any atom is -0.493 e. The van der Waals surface area contributed by atoms with Crippen molar-refractivity contribution in [3.8, 4) is 23.0 Å². The first-order valence-corrected chi connectivity index (χ1v) is 11.9. The molecule has 0 saturated heterocycles. The van der Waals surface area contributed by atoms with Crippen LogP contribution in [0.25, 0.3) is 11.6 Å². The molecule has 0 amide bonds. The normalized spacial score (nSPS) is 11.2. The number of methoxy groups -OCH3 is 4. The molecule has 202 valence electrons. The maximum absolute atomic E-state index is 13.4. The van der Waals surface area contributed by atoms with E-state index < -0.39 is 5.97 Å². The van der Waals surface area contributed by atoms with Crippen LogP contribution < -0.4 is 18.9 Å². The van der Waals surface area contributed by atoms with Gasteiger partial charge in [0.25, 0.3) is 0 Å². The van der Waals surface area contributed by atoms with Crippen molar-refractivity contribution in [2.24, 2.45) is 0 Å². The Bertz CT molecular complexity index is 1470. The molecule has 0 atom stereocenters. The first kappa shape index (κ1) is 27.2. The number of halogens is 1. The summed E-state index contributed by atoms with van der Waals surface area (Å²) in [6, 6.07) is 16.6. The average Bonchev–Trinajstić information content (AvgIpc) is 3.42. The summed E-state index contributed by atoms with van der Waals surface area (Å²) in [6.45, 7) is 0.302. The standard InChI is InChI=1S/C29H28FN3O6/c1-35-25-11-7-20(14-27(25)37-3)13-24(21-8-12-26(36-2)28(15-21)38-4)29(34)39-18-23-17-33(32-31-23)16-19-5-9-22(30)10-6-19/h5-15,17H,16,18H2,1-4H3/b24-13+. The molecule has 4 rings (SSSR count). The highest BCUT2D eigenvalue weighted by atomic mass is 19.1. The molecule has 0 N–H and O–H groups in total. The fourth-order valence-electron chi connectivity index (χ4n) is 3.85. The molecule has 0 unspecified atom stereocenters. The lowest BCUT2D eigenvalue weighted by atomic mass is 10.0. The third-order valence-electron chi connectivity index (χ3n) is 5.83. The molecule has 3 aromatic carbocycles. The van der Waals surface area contributed by atoms with E-state index in [4.69, 9.17) is 23.7 Å². The van der Waals surface area contributed by atoms with Crippen LogP contribution >= 0.6 is 0 Å². The zero-order valence-corrected chi connectivity index (χ0v) is 22.0. The number of hydrogen-bond donors (Lipinski definition) is 0. The fourth-order valence-corrected chi connectivity index (χ4v) is 3.85. The summed E-state index contributed by atoms with van der Waals surface area (Å²) in [7, 11) is 6.15. The van der Waals surface area contributed by atoms with Crippen LogP contribution in [0, 0.1) is 5.82 Å². The monoisotopic (exact) mass is 533 g/mol. The number of carbonyl (C=O) groups excluding carboxylic acids is 1. The summed E-state index contributed by atoms with van der Waals surface area (Å²) in [5.41, 5.74) is 2.86. The largest absolute Gasteiger partial charge is 0.493 e. The fraction of sp³-hybridized carbons (Fsp3) is 0.207. The molecule has 10 heteroatoms. The van der Waals surface area contributed by atoms with E-state index in [0.717, 1.165) is 5.56 Å². The molecule has 0 saturated carbocycles. The topological polar surface area (TPSA) is 93.9 Å². The summed E-state index contributed by atoms with van der Waals surface area (Å²) in [6.07, 6.45) is 3.36. The van der Waals surface area contributed by atoms with Gasteiger partial charge in [0.15, 0.2) is 23.0 Å². The second-order valence-electron chi connectivity index (χ2n) is 8.35. The molecular weight excluding hydrogens is 505 g/mol. The summed E-state index contributed by atoms with van der Waals surface area (Å²) in [4.78, 5) is 13.4. The molecule has 0 spiro atoms. The minimum absolute atomic E-state index is 0.0984. The summed E-state index contributed by atoms with van der Waals surface area (Å²) >= 11 is 0. The van der Waals surface area contributed by atoms with Crippen LogP contribution in [0.1, 0.15) is 22.4 Å². The number of hydrogen-bond acceptors (Lipinski definition) is 8. The Kier molecular flexibility index (Phi) is 8.78. The molecule has 0 radical (unpaired) electrons. The molecule has 39 heavy (non-hydrogen) atoms. The van der Waals surface area contributed by atoms with E-state index in [1.54, 1.807) is 72.6 Å². The van der Waals surface area contributed by atoms with Crippen molar-refractivity contribution in [2.45, 2.75) is 13.2 Å². The van der Waals surface area contributed by atoms with Gasteiger partial charge in [-0.3, -0.25) is 0 Å². The van der Waals surface area contributed by atoms with Crippen molar-refractivity contribution in [3.63, 3.8) is 0 Å². The van der Waals surface area contributed by atoms with E-state index in [2.05, 4.69) is 10.3 Å². The molecule has 0 fully saturated rings. The molecule has 4 aromatic rings. The Morgan fingerprint density at radius 3 is 2.15 bits per heavy atom. The SMILES string of the molecule is COc1ccc(/C=C(/C(=O)OCc2cn(Cc3ccc(F)cc3)nn2)c2ccc(OC)c(OC)c2)cc1OC. The van der Waals surface area contributed by atoms with Crippen molar-refractivity contribution < 1.29 is 32.9 Å². The number of ether oxygens (including phenoxy) is 5. The Morgan fingerprint density at radius 1 is 0.846 bits per heavy atom. The number of aromatic nitrogens is 3. The number of benzene rings is 3. The zero-order chi connectivity index (χ0) is 27.8. The van der Waals surface area contributed by atoms with Crippen molar-refractivity contribution in [2.75, 3.05) is 28.4 Å². The summed E-state index contributed by atoms with van der Waals surface area (Å²) < 4.78 is 41.9. The van der Waals surface area contributed by atoms with Gasteiger partial charge in [-0.15, -0.1) is 5.10 Å². The van der Waals surface area contributed by atoms with E-state index in [9.17, 15) is 9.18 Å². The molecule has 0 bridgehead atoms. The summed E-state index contributed by atoms with van der Waals surface area (Å²) in [5.74, 6) is 1.18. The van der Waals surface area contributed by atoms with Crippen molar-refractivity contribution in [1.82, 2.24) is 15.0 Å². The summed E-state index contributed by atoms with van der Waals surface area (Å²) in [5, 5.41) is 8.16. The van der Waals surface area contributed by atoms with Crippen LogP contribution in [0.3, 0.4) is 0 Å². The van der Waals surface area contributed by atoms with Gasteiger partial charge in [-0.2, -0.15) is 0 Å². The zero-order valence-electron chi connectivity index (χ0n) is 22.0. The molecule has 0 aliphatic rings. The van der Waals surface area contributed by atoms with Crippen molar-refractivity contribution in [3.05, 3.63) is 95.1 Å². The number of carbonyl (C=O) groups is 1. The van der Waals surface area contributed by atoms with E-state index in [-0.39, 0.29) is 18.0 Å². The molecule has 0 aliphatic heterocycles. The lowest BCUT2D eigenvalue weighted by molar-refractivity contribution is -0.137. The van der Waals surface area contributed by atoms with Gasteiger partial charge >= 0.3 is 5.97 Å². The lowest BCUT2D eigenvalue weighted by Crippen LogP contribution is -2.08. The van der Waals surface area contributed by atoms with Gasteiger partial charge in [-0.1, -0.05) is 29.5 Å². The second-order valence-corrected chi connectivity index (χ2v) is 8.35. The van der Waals surface area contributed by atoms with Gasteiger partial charge in [-0.05, 0) is 59.2 Å². The Morgan fingerprint density at radius 2 is 1.49 bits per heavy atom. The average molecular weight is 534 g/mol. The van der Waals surface area contributed by atoms with Gasteiger partial charge in [-0.25, -0.2) is 13.9 Å². The third kappa shape index (κ3) is 6.72. The van der Waals surface area contributed by atoms with Crippen LogP contribution in [-0.2, 0) is 22.7 Å². The van der Waals surface area contributed by atoms with Crippen LogP contribution in [0.2, 0.25) is 0 Å². The highest BCUT2D eigenvalue weighted by Gasteiger charge is 2.18. The lowest BCUT2D eigenvalue weighted by Gasteiger charge is -2.13. The van der Waals surface area contributed by atoms with Crippen LogP contribution in [0.5, 0.6) is 23.0 Å². The third-order valence-corrected chi connectivity index (χ3v) is 5.83. The quantitative estimate of drug-likeness (QED) is 0.154. The maximum atomic E-state index is 13.4. The van der Waals surface area contributed by atoms with E-state index in [1.807, 2.05) is 0 Å². The van der Waals surface area contributed by atoms with Crippen molar-refractivity contribution in [1.29, 1.82) is 0 Å². The Labute approximate surface area is 225 Å².